The largest absolute Gasteiger partial charge is 2.00 e. The maximum absolute atomic E-state index is 13.4. The molecule has 1 aromatic carbocycles. The summed E-state index contributed by atoms with van der Waals surface area (Å²) in [7, 11) is -3.71. The Morgan fingerprint density at radius 3 is 2.12 bits per heavy atom. The Bertz CT molecular complexity index is 1770. The van der Waals surface area contributed by atoms with Gasteiger partial charge in [-0.05, 0) is 45.0 Å². The van der Waals surface area contributed by atoms with Crippen molar-refractivity contribution in [1.29, 1.82) is 0 Å². The van der Waals surface area contributed by atoms with Gasteiger partial charge in [0.15, 0.2) is 16.9 Å². The number of carboxylic acid groups (broad SMARTS) is 3. The number of aliphatic hydroxyl groups is 1. The molecular weight excluding hydrogens is 665 g/mol. The van der Waals surface area contributed by atoms with Crippen molar-refractivity contribution in [2.45, 2.75) is 63.9 Å². The fourth-order valence-electron chi connectivity index (χ4n) is 5.03. The number of aromatic amines is 1. The van der Waals surface area contributed by atoms with Crippen LogP contribution in [-0.4, -0.2) is 144 Å². The van der Waals surface area contributed by atoms with Crippen molar-refractivity contribution in [2.75, 3.05) is 39.3 Å². The molecule has 48 heavy (non-hydrogen) atoms. The number of carbonyl (C=O) groups is 3. The number of aliphatic carboxylic acids is 3. The van der Waals surface area contributed by atoms with Crippen molar-refractivity contribution in [3.63, 3.8) is 0 Å². The number of nitrogens with one attached hydrogen (secondary N) is 1. The van der Waals surface area contributed by atoms with Gasteiger partial charge in [0.1, 0.15) is 11.6 Å². The summed E-state index contributed by atoms with van der Waals surface area (Å²) in [6, 6.07) is 4.72. The van der Waals surface area contributed by atoms with E-state index in [4.69, 9.17) is 25.2 Å². The van der Waals surface area contributed by atoms with Crippen LogP contribution in [0, 0.1) is 6.92 Å². The number of benzene rings is 1. The molecule has 5 N–H and O–H groups in total. The fourth-order valence-corrected chi connectivity index (χ4v) is 6.48. The van der Waals surface area contributed by atoms with Gasteiger partial charge in [-0.25, -0.2) is 22.7 Å². The number of fused-ring (bicyclic) bond motifs is 1. The van der Waals surface area contributed by atoms with Gasteiger partial charge >= 0.3 is 41.0 Å². The van der Waals surface area contributed by atoms with Crippen LogP contribution < -0.4 is 10.3 Å². The minimum Gasteiger partial charge on any atom is -0.493 e. The van der Waals surface area contributed by atoms with Crippen LogP contribution in [0.4, 0.5) is 0 Å². The molecule has 2 aromatic heterocycles. The SMILES string of the molecule is CCCc1nc(C)c2c(=O)[nH]c(-c3cc(S(=O)(=O)N4CCN(CC)CC4)ccc3OCC)nn12.O=C(O)CC(O)(CC(=O)O)C(=O)O.[Mg+2]. The Morgan fingerprint density at radius 2 is 1.62 bits per heavy atom. The molecule has 0 bridgehead atoms. The molecule has 3 heterocycles. The number of hydrogen-bond donors (Lipinski definition) is 5. The average molecular weight is 705 g/mol. The summed E-state index contributed by atoms with van der Waals surface area (Å²) in [5, 5.41) is 38.5. The topological polar surface area (TPSA) is 245 Å². The van der Waals surface area contributed by atoms with E-state index in [1.165, 1.54) is 4.31 Å². The van der Waals surface area contributed by atoms with Crippen LogP contribution >= 0.6 is 0 Å². The third-order valence-electron chi connectivity index (χ3n) is 7.42. The van der Waals surface area contributed by atoms with E-state index in [-0.39, 0.29) is 39.3 Å². The summed E-state index contributed by atoms with van der Waals surface area (Å²) in [4.78, 5) is 53.1. The van der Waals surface area contributed by atoms with E-state index >= 15 is 0 Å². The molecule has 17 nitrogen and oxygen atoms in total. The molecule has 19 heteroatoms. The van der Waals surface area contributed by atoms with Crippen molar-refractivity contribution in [2.24, 2.45) is 0 Å². The fraction of sp³-hybridized carbons (Fsp3) is 0.517. The van der Waals surface area contributed by atoms with E-state index in [0.29, 0.717) is 67.6 Å². The molecular formula is C29H40MgN6O11S+2. The summed E-state index contributed by atoms with van der Waals surface area (Å²) in [6.45, 7) is 11.3. The molecule has 4 rings (SSSR count). The van der Waals surface area contributed by atoms with Gasteiger partial charge in [0.05, 0.1) is 35.6 Å². The maximum atomic E-state index is 13.4. The molecule has 0 saturated carbocycles. The van der Waals surface area contributed by atoms with Crippen molar-refractivity contribution < 1.29 is 48.0 Å². The number of nitrogens with zero attached hydrogens (tertiary/aromatic N) is 5. The second-order valence-electron chi connectivity index (χ2n) is 10.8. The smallest absolute Gasteiger partial charge is 0.493 e. The second-order valence-corrected chi connectivity index (χ2v) is 12.8. The Balaban J connectivity index is 0.000000488. The number of sulfonamides is 1. The first kappa shape index (κ1) is 40.6. The number of carboxylic acids is 3. The summed E-state index contributed by atoms with van der Waals surface area (Å²) in [5.41, 5.74) is -1.65. The molecule has 0 aliphatic carbocycles. The summed E-state index contributed by atoms with van der Waals surface area (Å²) < 4.78 is 35.7. The zero-order chi connectivity index (χ0) is 35.1. The van der Waals surface area contributed by atoms with Gasteiger partial charge in [-0.15, -0.1) is 5.10 Å². The van der Waals surface area contributed by atoms with Gasteiger partial charge in [0.25, 0.3) is 5.56 Å². The van der Waals surface area contributed by atoms with E-state index in [9.17, 15) is 27.6 Å². The van der Waals surface area contributed by atoms with E-state index in [2.05, 4.69) is 26.9 Å². The third kappa shape index (κ3) is 9.50. The van der Waals surface area contributed by atoms with Crippen LogP contribution in [-0.2, 0) is 30.8 Å². The van der Waals surface area contributed by atoms with E-state index in [1.54, 1.807) is 29.6 Å². The molecule has 3 aromatic rings. The normalized spacial score (nSPS) is 14.1. The van der Waals surface area contributed by atoms with Gasteiger partial charge < -0.3 is 35.0 Å². The Kier molecular flexibility index (Phi) is 14.5. The van der Waals surface area contributed by atoms with Crippen molar-refractivity contribution in [1.82, 2.24) is 28.8 Å². The minimum atomic E-state index is -3.71. The number of imidazole rings is 1. The minimum absolute atomic E-state index is 0. The molecule has 1 fully saturated rings. The van der Waals surface area contributed by atoms with Gasteiger partial charge in [-0.3, -0.25) is 14.4 Å². The van der Waals surface area contributed by atoms with Crippen LogP contribution in [0.25, 0.3) is 16.9 Å². The number of aryl methyl sites for hydroxylation is 2. The predicted molar refractivity (Wildman–Crippen MR) is 173 cm³/mol. The van der Waals surface area contributed by atoms with Crippen molar-refractivity contribution in [3.8, 4) is 17.1 Å². The van der Waals surface area contributed by atoms with E-state index in [1.807, 2.05) is 13.8 Å². The molecule has 0 radical (unpaired) electrons. The molecule has 0 atom stereocenters. The second kappa shape index (κ2) is 17.2. The molecule has 0 unspecified atom stereocenters. The zero-order valence-electron chi connectivity index (χ0n) is 27.3. The molecule has 0 amide bonds. The number of aromatic nitrogens is 4. The van der Waals surface area contributed by atoms with Crippen LogP contribution in [0.2, 0.25) is 0 Å². The molecule has 1 aliphatic heterocycles. The summed E-state index contributed by atoms with van der Waals surface area (Å²) >= 11 is 0. The Morgan fingerprint density at radius 1 is 1.02 bits per heavy atom. The first-order valence-electron chi connectivity index (χ1n) is 15.0. The van der Waals surface area contributed by atoms with Crippen molar-refractivity contribution >= 4 is 56.5 Å². The summed E-state index contributed by atoms with van der Waals surface area (Å²) in [5.74, 6) is -3.63. The predicted octanol–water partition coefficient (Wildman–Crippen LogP) is 0.441. The molecule has 258 valence electrons. The van der Waals surface area contributed by atoms with Gasteiger partial charge in [0.2, 0.25) is 10.0 Å². The number of likely N-dealkylation sites (N-methyl/N-ethyl adjacent to an activating group) is 1. The van der Waals surface area contributed by atoms with Crippen LogP contribution in [0.1, 0.15) is 51.6 Å². The third-order valence-corrected chi connectivity index (χ3v) is 9.32. The number of piperazine rings is 1. The zero-order valence-corrected chi connectivity index (χ0v) is 29.5. The summed E-state index contributed by atoms with van der Waals surface area (Å²) in [6.07, 6.45) is -0.768. The number of ether oxygens (including phenoxy) is 1. The number of H-pyrrole nitrogens is 1. The van der Waals surface area contributed by atoms with Crippen LogP contribution in [0.15, 0.2) is 27.9 Å². The van der Waals surface area contributed by atoms with Crippen LogP contribution in [0.5, 0.6) is 5.75 Å². The van der Waals surface area contributed by atoms with E-state index < -0.39 is 46.4 Å². The first-order valence-corrected chi connectivity index (χ1v) is 16.4. The quantitative estimate of drug-likeness (QED) is 0.152. The van der Waals surface area contributed by atoms with Crippen LogP contribution in [0.3, 0.4) is 0 Å². The Hall–Kier alpha value is -3.62. The maximum Gasteiger partial charge on any atom is 2.00 e. The molecule has 0 spiro atoms. The number of hydrogen-bond acceptors (Lipinski definition) is 11. The van der Waals surface area contributed by atoms with Gasteiger partial charge in [0, 0.05) is 32.6 Å². The van der Waals surface area contributed by atoms with Crippen molar-refractivity contribution in [3.05, 3.63) is 40.1 Å². The van der Waals surface area contributed by atoms with Gasteiger partial charge in [-0.1, -0.05) is 13.8 Å². The van der Waals surface area contributed by atoms with E-state index in [0.717, 1.165) is 13.0 Å². The first-order chi connectivity index (χ1) is 22.1. The molecule has 1 aliphatic rings. The standard InChI is InChI=1S/C23H32N6O4S.C6H8O7.Mg/c1-5-8-20-24-16(4)21-23(30)25-22(26-29(20)21)18-15-17(9-10-19(18)33-7-3)34(31,32)28-13-11-27(6-2)12-14-28;7-3(8)1-6(13,5(11)12)2-4(9)10;/h9-10,15H,5-8,11-14H2,1-4H3,(H,25,26,30);13H,1-2H2,(H,7,8)(H,9,10)(H,11,12);/q;;+2. The molecule has 1 saturated heterocycles. The average Bonchev–Trinajstić information content (AvgIpc) is 3.32. The number of rotatable bonds is 13. The Labute approximate surface area is 292 Å². The van der Waals surface area contributed by atoms with Gasteiger partial charge in [-0.2, -0.15) is 4.31 Å². The monoisotopic (exact) mass is 704 g/mol.